The van der Waals surface area contributed by atoms with Gasteiger partial charge in [0.2, 0.25) is 11.8 Å². The van der Waals surface area contributed by atoms with Gasteiger partial charge >= 0.3 is 0 Å². The SMILES string of the molecule is CCCC(=O)N1CCN(C(=O)C2CC2c2cccs2)CC1. The van der Waals surface area contributed by atoms with Crippen LogP contribution in [0.5, 0.6) is 0 Å². The van der Waals surface area contributed by atoms with E-state index in [1.807, 2.05) is 16.7 Å². The van der Waals surface area contributed by atoms with Gasteiger partial charge in [0.05, 0.1) is 0 Å². The molecule has 0 radical (unpaired) electrons. The van der Waals surface area contributed by atoms with Crippen molar-refractivity contribution in [1.82, 2.24) is 9.80 Å². The Kier molecular flexibility index (Phi) is 4.29. The molecule has 3 rings (SSSR count). The van der Waals surface area contributed by atoms with Gasteiger partial charge in [0, 0.05) is 49.3 Å². The van der Waals surface area contributed by atoms with Crippen LogP contribution < -0.4 is 0 Å². The summed E-state index contributed by atoms with van der Waals surface area (Å²) in [5.74, 6) is 1.14. The van der Waals surface area contributed by atoms with Gasteiger partial charge in [-0.3, -0.25) is 9.59 Å². The van der Waals surface area contributed by atoms with E-state index in [1.165, 1.54) is 4.88 Å². The molecule has 21 heavy (non-hydrogen) atoms. The van der Waals surface area contributed by atoms with Gasteiger partial charge in [-0.25, -0.2) is 0 Å². The third-order valence-electron chi connectivity index (χ3n) is 4.42. The lowest BCUT2D eigenvalue weighted by atomic mass is 10.2. The summed E-state index contributed by atoms with van der Waals surface area (Å²) < 4.78 is 0. The lowest BCUT2D eigenvalue weighted by Gasteiger charge is -2.35. The highest BCUT2D eigenvalue weighted by molar-refractivity contribution is 7.10. The maximum absolute atomic E-state index is 12.5. The zero-order valence-electron chi connectivity index (χ0n) is 12.5. The minimum absolute atomic E-state index is 0.182. The van der Waals surface area contributed by atoms with Gasteiger partial charge in [-0.05, 0) is 24.3 Å². The van der Waals surface area contributed by atoms with Crippen LogP contribution in [0.4, 0.5) is 0 Å². The Morgan fingerprint density at radius 1 is 1.24 bits per heavy atom. The van der Waals surface area contributed by atoms with Crippen LogP contribution in [0, 0.1) is 5.92 Å². The fraction of sp³-hybridized carbons (Fsp3) is 0.625. The molecule has 2 heterocycles. The average molecular weight is 306 g/mol. The number of amides is 2. The number of carbonyl (C=O) groups is 2. The highest BCUT2D eigenvalue weighted by Crippen LogP contribution is 2.50. The van der Waals surface area contributed by atoms with Gasteiger partial charge in [0.15, 0.2) is 0 Å². The first-order chi connectivity index (χ1) is 10.2. The van der Waals surface area contributed by atoms with Crippen molar-refractivity contribution >= 4 is 23.2 Å². The van der Waals surface area contributed by atoms with Crippen LogP contribution in [0.3, 0.4) is 0 Å². The Morgan fingerprint density at radius 3 is 2.57 bits per heavy atom. The Morgan fingerprint density at radius 2 is 1.95 bits per heavy atom. The topological polar surface area (TPSA) is 40.6 Å². The Bertz CT molecular complexity index is 506. The summed E-state index contributed by atoms with van der Waals surface area (Å²) in [7, 11) is 0. The molecule has 4 nitrogen and oxygen atoms in total. The molecule has 0 spiro atoms. The molecule has 5 heteroatoms. The quantitative estimate of drug-likeness (QED) is 0.856. The Labute approximate surface area is 129 Å². The van der Waals surface area contributed by atoms with Gasteiger partial charge in [0.1, 0.15) is 0 Å². The molecular formula is C16H22N2O2S. The van der Waals surface area contributed by atoms with Crippen molar-refractivity contribution in [2.45, 2.75) is 32.1 Å². The molecule has 2 amide bonds. The van der Waals surface area contributed by atoms with E-state index in [0.29, 0.717) is 38.5 Å². The molecule has 2 atom stereocenters. The minimum Gasteiger partial charge on any atom is -0.339 e. The molecule has 2 fully saturated rings. The number of rotatable bonds is 4. The lowest BCUT2D eigenvalue weighted by Crippen LogP contribution is -2.51. The molecule has 1 aliphatic heterocycles. The van der Waals surface area contributed by atoms with Crippen molar-refractivity contribution in [1.29, 1.82) is 0 Å². The van der Waals surface area contributed by atoms with Crippen molar-refractivity contribution in [3.05, 3.63) is 22.4 Å². The van der Waals surface area contributed by atoms with Crippen molar-refractivity contribution in [2.24, 2.45) is 5.92 Å². The molecule has 0 N–H and O–H groups in total. The largest absolute Gasteiger partial charge is 0.339 e. The summed E-state index contributed by atoms with van der Waals surface area (Å²) in [5.41, 5.74) is 0. The molecule has 2 unspecified atom stereocenters. The summed E-state index contributed by atoms with van der Waals surface area (Å²) in [6.07, 6.45) is 2.51. The van der Waals surface area contributed by atoms with Crippen LogP contribution in [0.2, 0.25) is 0 Å². The smallest absolute Gasteiger partial charge is 0.226 e. The Balaban J connectivity index is 1.49. The molecule has 1 aromatic rings. The first kappa shape index (κ1) is 14.6. The lowest BCUT2D eigenvalue weighted by molar-refractivity contribution is -0.140. The highest BCUT2D eigenvalue weighted by atomic mass is 32.1. The van der Waals surface area contributed by atoms with E-state index in [1.54, 1.807) is 11.3 Å². The fourth-order valence-corrected chi connectivity index (χ4v) is 3.97. The van der Waals surface area contributed by atoms with Crippen LogP contribution >= 0.6 is 11.3 Å². The number of piperazine rings is 1. The second kappa shape index (κ2) is 6.18. The van der Waals surface area contributed by atoms with Crippen LogP contribution in [-0.4, -0.2) is 47.8 Å². The summed E-state index contributed by atoms with van der Waals surface area (Å²) in [5, 5.41) is 2.08. The molecule has 0 aromatic carbocycles. The standard InChI is InChI=1S/C16H22N2O2S/c1-2-4-15(19)17-6-8-18(9-7-17)16(20)13-11-12(13)14-5-3-10-21-14/h3,5,10,12-13H,2,4,6-9,11H2,1H3. The molecule has 1 aliphatic carbocycles. The van der Waals surface area contributed by atoms with Crippen molar-refractivity contribution < 1.29 is 9.59 Å². The number of carbonyl (C=O) groups excluding carboxylic acids is 2. The Hall–Kier alpha value is -1.36. The number of nitrogens with zero attached hydrogens (tertiary/aromatic N) is 2. The van der Waals surface area contributed by atoms with Crippen LogP contribution in [0.25, 0.3) is 0 Å². The summed E-state index contributed by atoms with van der Waals surface area (Å²) >= 11 is 1.75. The monoisotopic (exact) mass is 306 g/mol. The number of thiophene rings is 1. The van der Waals surface area contributed by atoms with Crippen molar-refractivity contribution in [3.8, 4) is 0 Å². The fourth-order valence-electron chi connectivity index (χ4n) is 3.07. The maximum atomic E-state index is 12.5. The first-order valence-corrected chi connectivity index (χ1v) is 8.68. The van der Waals surface area contributed by atoms with E-state index in [4.69, 9.17) is 0 Å². The van der Waals surface area contributed by atoms with Crippen LogP contribution in [0.15, 0.2) is 17.5 Å². The highest BCUT2D eigenvalue weighted by Gasteiger charge is 2.46. The van der Waals surface area contributed by atoms with Crippen LogP contribution in [-0.2, 0) is 9.59 Å². The zero-order chi connectivity index (χ0) is 14.8. The summed E-state index contributed by atoms with van der Waals surface area (Å²) in [4.78, 5) is 29.5. The maximum Gasteiger partial charge on any atom is 0.226 e. The molecule has 114 valence electrons. The van der Waals surface area contributed by atoms with E-state index >= 15 is 0 Å². The molecule has 0 bridgehead atoms. The third kappa shape index (κ3) is 3.12. The average Bonchev–Trinajstić information content (AvgIpc) is 3.12. The van der Waals surface area contributed by atoms with E-state index in [2.05, 4.69) is 17.5 Å². The summed E-state index contributed by atoms with van der Waals surface area (Å²) in [6, 6.07) is 4.18. The molecule has 1 saturated heterocycles. The van der Waals surface area contributed by atoms with E-state index in [-0.39, 0.29) is 17.7 Å². The number of hydrogen-bond donors (Lipinski definition) is 0. The minimum atomic E-state index is 0.182. The zero-order valence-corrected chi connectivity index (χ0v) is 13.3. The van der Waals surface area contributed by atoms with Gasteiger partial charge in [-0.1, -0.05) is 13.0 Å². The molecule has 1 aromatic heterocycles. The number of hydrogen-bond acceptors (Lipinski definition) is 3. The second-order valence-electron chi connectivity index (χ2n) is 5.92. The van der Waals surface area contributed by atoms with Crippen molar-refractivity contribution in [2.75, 3.05) is 26.2 Å². The molecular weight excluding hydrogens is 284 g/mol. The third-order valence-corrected chi connectivity index (χ3v) is 5.43. The normalized spacial score (nSPS) is 25.0. The predicted molar refractivity (Wildman–Crippen MR) is 83.2 cm³/mol. The van der Waals surface area contributed by atoms with Gasteiger partial charge in [0.25, 0.3) is 0 Å². The van der Waals surface area contributed by atoms with Gasteiger partial charge in [-0.2, -0.15) is 0 Å². The predicted octanol–water partition coefficient (Wildman–Crippen LogP) is 2.32. The molecule has 2 aliphatic rings. The second-order valence-corrected chi connectivity index (χ2v) is 6.90. The van der Waals surface area contributed by atoms with Crippen molar-refractivity contribution in [3.63, 3.8) is 0 Å². The van der Waals surface area contributed by atoms with Gasteiger partial charge in [-0.15, -0.1) is 11.3 Å². The van der Waals surface area contributed by atoms with Gasteiger partial charge < -0.3 is 9.80 Å². The van der Waals surface area contributed by atoms with E-state index in [0.717, 1.165) is 12.8 Å². The molecule has 1 saturated carbocycles. The van der Waals surface area contributed by atoms with E-state index in [9.17, 15) is 9.59 Å². The first-order valence-electron chi connectivity index (χ1n) is 7.80. The van der Waals surface area contributed by atoms with Crippen LogP contribution in [0.1, 0.15) is 37.0 Å². The van der Waals surface area contributed by atoms with E-state index < -0.39 is 0 Å². The summed E-state index contributed by atoms with van der Waals surface area (Å²) in [6.45, 7) is 4.81.